The largest absolute Gasteiger partial charge is 0.387 e. The van der Waals surface area contributed by atoms with Gasteiger partial charge in [-0.15, -0.1) is 0 Å². The lowest BCUT2D eigenvalue weighted by molar-refractivity contribution is 0.174. The molecule has 2 N–H and O–H groups in total. The molecule has 0 bridgehead atoms. The van der Waals surface area contributed by atoms with Gasteiger partial charge in [-0.2, -0.15) is 0 Å². The predicted octanol–water partition coefficient (Wildman–Crippen LogP) is 3.84. The van der Waals surface area contributed by atoms with E-state index in [0.29, 0.717) is 6.54 Å². The van der Waals surface area contributed by atoms with Gasteiger partial charge in [0.25, 0.3) is 0 Å². The molecule has 0 radical (unpaired) electrons. The van der Waals surface area contributed by atoms with E-state index in [1.165, 1.54) is 37.7 Å². The summed E-state index contributed by atoms with van der Waals surface area (Å²) in [5, 5.41) is 13.4. The summed E-state index contributed by atoms with van der Waals surface area (Å²) in [6.45, 7) is 6.06. The van der Waals surface area contributed by atoms with Crippen molar-refractivity contribution in [2.45, 2.75) is 58.5 Å². The van der Waals surface area contributed by atoms with Crippen molar-refractivity contribution in [3.05, 3.63) is 35.4 Å². The van der Waals surface area contributed by atoms with Crippen LogP contribution >= 0.6 is 0 Å². The Balaban J connectivity index is 2.23. The Labute approximate surface area is 118 Å². The zero-order chi connectivity index (χ0) is 13.9. The van der Waals surface area contributed by atoms with E-state index in [1.54, 1.807) is 0 Å². The topological polar surface area (TPSA) is 32.3 Å². The third kappa shape index (κ3) is 6.74. The fourth-order valence-corrected chi connectivity index (χ4v) is 2.23. The molecule has 0 aliphatic heterocycles. The van der Waals surface area contributed by atoms with Crippen molar-refractivity contribution in [1.29, 1.82) is 0 Å². The average Bonchev–Trinajstić information content (AvgIpc) is 2.43. The van der Waals surface area contributed by atoms with E-state index in [-0.39, 0.29) is 6.10 Å². The second-order valence-corrected chi connectivity index (χ2v) is 5.27. The zero-order valence-corrected chi connectivity index (χ0v) is 12.5. The van der Waals surface area contributed by atoms with Gasteiger partial charge in [0.15, 0.2) is 0 Å². The molecule has 1 aromatic carbocycles. The van der Waals surface area contributed by atoms with Crippen LogP contribution in [-0.4, -0.2) is 18.2 Å². The van der Waals surface area contributed by atoms with Crippen molar-refractivity contribution >= 4 is 0 Å². The lowest BCUT2D eigenvalue weighted by atomic mass is 10.0. The summed E-state index contributed by atoms with van der Waals surface area (Å²) in [6.07, 6.45) is 6.96. The maximum atomic E-state index is 10.1. The van der Waals surface area contributed by atoms with Crippen LogP contribution in [0.25, 0.3) is 0 Å². The lowest BCUT2D eigenvalue weighted by Gasteiger charge is -2.12. The highest BCUT2D eigenvalue weighted by Gasteiger charge is 2.06. The molecule has 0 heterocycles. The second-order valence-electron chi connectivity index (χ2n) is 5.27. The molecule has 2 nitrogen and oxygen atoms in total. The van der Waals surface area contributed by atoms with Crippen LogP contribution in [-0.2, 0) is 6.42 Å². The van der Waals surface area contributed by atoms with Gasteiger partial charge < -0.3 is 10.4 Å². The minimum absolute atomic E-state index is 0.387. The number of aryl methyl sites for hydroxylation is 1. The van der Waals surface area contributed by atoms with Gasteiger partial charge in [-0.05, 0) is 30.5 Å². The van der Waals surface area contributed by atoms with Crippen molar-refractivity contribution in [3.63, 3.8) is 0 Å². The van der Waals surface area contributed by atoms with Crippen molar-refractivity contribution in [1.82, 2.24) is 5.32 Å². The molecule has 1 rings (SSSR count). The molecule has 2 heteroatoms. The third-order valence-electron chi connectivity index (χ3n) is 3.45. The molecule has 0 amide bonds. The number of aliphatic hydroxyl groups is 1. The van der Waals surface area contributed by atoms with Gasteiger partial charge in [-0.25, -0.2) is 0 Å². The van der Waals surface area contributed by atoms with Gasteiger partial charge >= 0.3 is 0 Å². The van der Waals surface area contributed by atoms with Crippen molar-refractivity contribution in [3.8, 4) is 0 Å². The Hall–Kier alpha value is -0.860. The Morgan fingerprint density at radius 1 is 1.00 bits per heavy atom. The predicted molar refractivity (Wildman–Crippen MR) is 82.4 cm³/mol. The van der Waals surface area contributed by atoms with Crippen LogP contribution in [0.5, 0.6) is 0 Å². The minimum Gasteiger partial charge on any atom is -0.387 e. The SMILES string of the molecule is CCCCCCNCC(O)c1ccc(CCC)cc1. The molecule has 0 saturated heterocycles. The highest BCUT2D eigenvalue weighted by Crippen LogP contribution is 2.14. The van der Waals surface area contributed by atoms with Gasteiger partial charge in [-0.1, -0.05) is 63.8 Å². The number of hydrogen-bond donors (Lipinski definition) is 2. The molecule has 1 atom stereocenters. The number of nitrogens with one attached hydrogen (secondary N) is 1. The number of rotatable bonds is 10. The van der Waals surface area contributed by atoms with E-state index >= 15 is 0 Å². The van der Waals surface area contributed by atoms with Crippen LogP contribution in [0.2, 0.25) is 0 Å². The van der Waals surface area contributed by atoms with Crippen LogP contribution in [0.15, 0.2) is 24.3 Å². The summed E-state index contributed by atoms with van der Waals surface area (Å²) in [5.74, 6) is 0. The monoisotopic (exact) mass is 263 g/mol. The first-order valence-corrected chi connectivity index (χ1v) is 7.75. The van der Waals surface area contributed by atoms with Gasteiger partial charge in [0.1, 0.15) is 0 Å². The van der Waals surface area contributed by atoms with E-state index in [9.17, 15) is 5.11 Å². The number of aliphatic hydroxyl groups excluding tert-OH is 1. The number of unbranched alkanes of at least 4 members (excludes halogenated alkanes) is 3. The van der Waals surface area contributed by atoms with Gasteiger partial charge in [-0.3, -0.25) is 0 Å². The first-order chi connectivity index (χ1) is 9.27. The van der Waals surface area contributed by atoms with Crippen LogP contribution in [0.1, 0.15) is 63.2 Å². The quantitative estimate of drug-likeness (QED) is 0.629. The van der Waals surface area contributed by atoms with Crippen LogP contribution in [0, 0.1) is 0 Å². The van der Waals surface area contributed by atoms with Crippen LogP contribution in [0.4, 0.5) is 0 Å². The molecular formula is C17H29NO. The van der Waals surface area contributed by atoms with Crippen molar-refractivity contribution < 1.29 is 5.11 Å². The molecule has 0 saturated carbocycles. The highest BCUT2D eigenvalue weighted by atomic mass is 16.3. The zero-order valence-electron chi connectivity index (χ0n) is 12.5. The fraction of sp³-hybridized carbons (Fsp3) is 0.647. The first kappa shape index (κ1) is 16.2. The van der Waals surface area contributed by atoms with E-state index in [2.05, 4.69) is 43.4 Å². The minimum atomic E-state index is -0.387. The molecule has 108 valence electrons. The van der Waals surface area contributed by atoms with Gasteiger partial charge in [0.05, 0.1) is 6.10 Å². The summed E-state index contributed by atoms with van der Waals surface area (Å²) in [4.78, 5) is 0. The highest BCUT2D eigenvalue weighted by molar-refractivity contribution is 5.24. The van der Waals surface area contributed by atoms with Gasteiger partial charge in [0.2, 0.25) is 0 Å². The van der Waals surface area contributed by atoms with Crippen LogP contribution < -0.4 is 5.32 Å². The first-order valence-electron chi connectivity index (χ1n) is 7.75. The maximum Gasteiger partial charge on any atom is 0.0914 e. The summed E-state index contributed by atoms with van der Waals surface area (Å²) in [6, 6.07) is 8.36. The molecule has 1 aromatic rings. The second kappa shape index (κ2) is 9.99. The molecule has 0 aromatic heterocycles. The molecule has 0 spiro atoms. The maximum absolute atomic E-state index is 10.1. The Bertz CT molecular complexity index is 321. The van der Waals surface area contributed by atoms with Gasteiger partial charge in [0, 0.05) is 6.54 Å². The standard InChI is InChI=1S/C17H29NO/c1-3-5-6-7-13-18-14-17(19)16-11-9-15(8-4-2)10-12-16/h9-12,17-19H,3-8,13-14H2,1-2H3. The van der Waals surface area contributed by atoms with E-state index < -0.39 is 0 Å². The summed E-state index contributed by atoms with van der Waals surface area (Å²) in [7, 11) is 0. The molecular weight excluding hydrogens is 234 g/mol. The Kier molecular flexibility index (Phi) is 8.52. The smallest absolute Gasteiger partial charge is 0.0914 e. The van der Waals surface area contributed by atoms with E-state index in [1.807, 2.05) is 0 Å². The van der Waals surface area contributed by atoms with E-state index in [4.69, 9.17) is 0 Å². The molecule has 19 heavy (non-hydrogen) atoms. The Morgan fingerprint density at radius 3 is 2.37 bits per heavy atom. The average molecular weight is 263 g/mol. The summed E-state index contributed by atoms with van der Waals surface area (Å²) in [5.41, 5.74) is 2.37. The summed E-state index contributed by atoms with van der Waals surface area (Å²) >= 11 is 0. The fourth-order valence-electron chi connectivity index (χ4n) is 2.23. The number of hydrogen-bond acceptors (Lipinski definition) is 2. The summed E-state index contributed by atoms with van der Waals surface area (Å²) < 4.78 is 0. The normalized spacial score (nSPS) is 12.6. The third-order valence-corrected chi connectivity index (χ3v) is 3.45. The molecule has 1 unspecified atom stereocenters. The van der Waals surface area contributed by atoms with E-state index in [0.717, 1.165) is 18.5 Å². The van der Waals surface area contributed by atoms with Crippen LogP contribution in [0.3, 0.4) is 0 Å². The Morgan fingerprint density at radius 2 is 1.74 bits per heavy atom. The molecule has 0 aliphatic carbocycles. The number of benzene rings is 1. The molecule has 0 aliphatic rings. The lowest BCUT2D eigenvalue weighted by Crippen LogP contribution is -2.22. The van der Waals surface area contributed by atoms with Crippen molar-refractivity contribution in [2.75, 3.05) is 13.1 Å². The molecule has 0 fully saturated rings. The van der Waals surface area contributed by atoms with Crippen molar-refractivity contribution in [2.24, 2.45) is 0 Å².